The molecule has 1 atom stereocenters. The first-order chi connectivity index (χ1) is 12.6. The largest absolute Gasteiger partial charge is 0.493 e. The fraction of sp³-hybridized carbons (Fsp3) is 0.263. The van der Waals surface area contributed by atoms with Gasteiger partial charge in [0.25, 0.3) is 5.91 Å². The predicted molar refractivity (Wildman–Crippen MR) is 94.1 cm³/mol. The number of amides is 1. The summed E-state index contributed by atoms with van der Waals surface area (Å²) in [5.41, 5.74) is 0.996. The van der Waals surface area contributed by atoms with Crippen LogP contribution in [0.15, 0.2) is 42.5 Å². The lowest BCUT2D eigenvalue weighted by molar-refractivity contribution is -0.148. The van der Waals surface area contributed by atoms with Crippen LogP contribution in [0.5, 0.6) is 17.2 Å². The Morgan fingerprint density at radius 2 is 1.77 bits per heavy atom. The SMILES string of the molecule is COC(=O)[C@H]1CN(C(=O)c2ccc(OC)c(OC)c2)c2ccccc2O1. The third kappa shape index (κ3) is 3.15. The van der Waals surface area contributed by atoms with Crippen molar-refractivity contribution in [3.63, 3.8) is 0 Å². The molecule has 0 aliphatic carbocycles. The maximum absolute atomic E-state index is 13.1. The molecule has 1 aliphatic rings. The van der Waals surface area contributed by atoms with E-state index in [0.717, 1.165) is 0 Å². The van der Waals surface area contributed by atoms with Crippen molar-refractivity contribution in [3.8, 4) is 17.2 Å². The standard InChI is InChI=1S/C19H19NO6/c1-23-15-9-8-12(10-16(15)24-2)18(21)20-11-17(19(22)25-3)26-14-7-5-4-6-13(14)20/h4-10,17H,11H2,1-3H3/t17-/m1/s1. The van der Waals surface area contributed by atoms with Crippen molar-refractivity contribution in [2.24, 2.45) is 0 Å². The molecule has 7 heteroatoms. The van der Waals surface area contributed by atoms with Gasteiger partial charge in [-0.1, -0.05) is 12.1 Å². The van der Waals surface area contributed by atoms with Crippen molar-refractivity contribution in [1.29, 1.82) is 0 Å². The van der Waals surface area contributed by atoms with Crippen LogP contribution in [-0.4, -0.2) is 45.9 Å². The summed E-state index contributed by atoms with van der Waals surface area (Å²) in [6.07, 6.45) is -0.890. The van der Waals surface area contributed by atoms with Crippen molar-refractivity contribution in [2.75, 3.05) is 32.8 Å². The van der Waals surface area contributed by atoms with Gasteiger partial charge >= 0.3 is 5.97 Å². The number of hydrogen-bond donors (Lipinski definition) is 0. The van der Waals surface area contributed by atoms with Crippen molar-refractivity contribution in [3.05, 3.63) is 48.0 Å². The van der Waals surface area contributed by atoms with Gasteiger partial charge in [-0.3, -0.25) is 4.79 Å². The van der Waals surface area contributed by atoms with E-state index in [4.69, 9.17) is 18.9 Å². The summed E-state index contributed by atoms with van der Waals surface area (Å²) < 4.78 is 20.9. The fourth-order valence-electron chi connectivity index (χ4n) is 2.81. The highest BCUT2D eigenvalue weighted by Crippen LogP contribution is 2.35. The van der Waals surface area contributed by atoms with Crippen LogP contribution in [0.2, 0.25) is 0 Å². The molecule has 0 N–H and O–H groups in total. The molecule has 7 nitrogen and oxygen atoms in total. The maximum atomic E-state index is 13.1. The predicted octanol–water partition coefficient (Wildman–Crippen LogP) is 2.28. The lowest BCUT2D eigenvalue weighted by Gasteiger charge is -2.33. The Bertz CT molecular complexity index is 835. The van der Waals surface area contributed by atoms with E-state index in [-0.39, 0.29) is 12.5 Å². The Labute approximate surface area is 151 Å². The number of carbonyl (C=O) groups is 2. The maximum Gasteiger partial charge on any atom is 0.348 e. The Kier molecular flexibility index (Phi) is 4.97. The van der Waals surface area contributed by atoms with E-state index >= 15 is 0 Å². The molecule has 0 aromatic heterocycles. The molecule has 1 aliphatic heterocycles. The molecule has 2 aromatic rings. The summed E-state index contributed by atoms with van der Waals surface area (Å²) in [5, 5.41) is 0. The van der Waals surface area contributed by atoms with Crippen molar-refractivity contribution < 1.29 is 28.5 Å². The van der Waals surface area contributed by atoms with E-state index < -0.39 is 12.1 Å². The van der Waals surface area contributed by atoms with Gasteiger partial charge in [-0.05, 0) is 30.3 Å². The summed E-state index contributed by atoms with van der Waals surface area (Å²) in [6, 6.07) is 12.0. The van der Waals surface area contributed by atoms with E-state index in [1.807, 2.05) is 0 Å². The van der Waals surface area contributed by atoms with E-state index in [1.54, 1.807) is 42.5 Å². The fourth-order valence-corrected chi connectivity index (χ4v) is 2.81. The Morgan fingerprint density at radius 3 is 2.46 bits per heavy atom. The number of hydrogen-bond acceptors (Lipinski definition) is 6. The number of ether oxygens (including phenoxy) is 4. The molecular formula is C19H19NO6. The molecule has 1 heterocycles. The van der Waals surface area contributed by atoms with Crippen LogP contribution in [0.25, 0.3) is 0 Å². The van der Waals surface area contributed by atoms with Crippen LogP contribution >= 0.6 is 0 Å². The molecule has 136 valence electrons. The average Bonchev–Trinajstić information content (AvgIpc) is 2.71. The van der Waals surface area contributed by atoms with Gasteiger partial charge in [-0.25, -0.2) is 4.79 Å². The smallest absolute Gasteiger partial charge is 0.348 e. The molecule has 3 rings (SSSR count). The number of esters is 1. The second kappa shape index (κ2) is 7.35. The first kappa shape index (κ1) is 17.6. The number of nitrogens with zero attached hydrogens (tertiary/aromatic N) is 1. The van der Waals surface area contributed by atoms with E-state index in [1.165, 1.54) is 26.2 Å². The highest BCUT2D eigenvalue weighted by atomic mass is 16.6. The first-order valence-corrected chi connectivity index (χ1v) is 7.96. The van der Waals surface area contributed by atoms with Gasteiger partial charge < -0.3 is 23.8 Å². The number of fused-ring (bicyclic) bond motifs is 1. The van der Waals surface area contributed by atoms with Crippen LogP contribution < -0.4 is 19.1 Å². The van der Waals surface area contributed by atoms with Gasteiger partial charge in [0.2, 0.25) is 6.10 Å². The second-order valence-electron chi connectivity index (χ2n) is 5.58. The van der Waals surface area contributed by atoms with Gasteiger partial charge in [-0.15, -0.1) is 0 Å². The quantitative estimate of drug-likeness (QED) is 0.782. The molecule has 0 fully saturated rings. The number of para-hydroxylation sites is 2. The number of anilines is 1. The van der Waals surface area contributed by atoms with Gasteiger partial charge in [-0.2, -0.15) is 0 Å². The highest BCUT2D eigenvalue weighted by molar-refractivity contribution is 6.08. The van der Waals surface area contributed by atoms with Gasteiger partial charge in [0.15, 0.2) is 11.5 Å². The third-order valence-electron chi connectivity index (χ3n) is 4.11. The molecule has 0 radical (unpaired) electrons. The van der Waals surface area contributed by atoms with Crippen LogP contribution in [0, 0.1) is 0 Å². The number of rotatable bonds is 4. The van der Waals surface area contributed by atoms with E-state index in [0.29, 0.717) is 28.5 Å². The van der Waals surface area contributed by atoms with Crippen molar-refractivity contribution in [2.45, 2.75) is 6.10 Å². The molecule has 1 amide bonds. The molecular weight excluding hydrogens is 338 g/mol. The average molecular weight is 357 g/mol. The van der Waals surface area contributed by atoms with E-state index in [2.05, 4.69) is 0 Å². The van der Waals surface area contributed by atoms with E-state index in [9.17, 15) is 9.59 Å². The summed E-state index contributed by atoms with van der Waals surface area (Å²) in [6.45, 7) is 0.0524. The summed E-state index contributed by atoms with van der Waals surface area (Å²) in [5.74, 6) is 0.603. The lowest BCUT2D eigenvalue weighted by atomic mass is 10.1. The minimum atomic E-state index is -0.890. The molecule has 26 heavy (non-hydrogen) atoms. The number of carbonyl (C=O) groups excluding carboxylic acids is 2. The highest BCUT2D eigenvalue weighted by Gasteiger charge is 2.35. The van der Waals surface area contributed by atoms with Crippen molar-refractivity contribution >= 4 is 17.6 Å². The van der Waals surface area contributed by atoms with Crippen LogP contribution in [0.3, 0.4) is 0 Å². The molecule has 0 bridgehead atoms. The van der Waals surface area contributed by atoms with Crippen LogP contribution in [0.4, 0.5) is 5.69 Å². The Morgan fingerprint density at radius 1 is 1.04 bits per heavy atom. The molecule has 0 saturated heterocycles. The third-order valence-corrected chi connectivity index (χ3v) is 4.11. The molecule has 0 unspecified atom stereocenters. The number of methoxy groups -OCH3 is 3. The zero-order chi connectivity index (χ0) is 18.7. The minimum Gasteiger partial charge on any atom is -0.493 e. The van der Waals surface area contributed by atoms with Gasteiger partial charge in [0, 0.05) is 5.56 Å². The zero-order valence-electron chi connectivity index (χ0n) is 14.7. The molecule has 0 spiro atoms. The zero-order valence-corrected chi connectivity index (χ0v) is 14.7. The monoisotopic (exact) mass is 357 g/mol. The van der Waals surface area contributed by atoms with Gasteiger partial charge in [0.1, 0.15) is 5.75 Å². The summed E-state index contributed by atoms with van der Waals surface area (Å²) in [7, 11) is 4.31. The normalized spacial score (nSPS) is 15.5. The minimum absolute atomic E-state index is 0.0524. The van der Waals surface area contributed by atoms with Gasteiger partial charge in [0.05, 0.1) is 33.6 Å². The topological polar surface area (TPSA) is 74.3 Å². The first-order valence-electron chi connectivity index (χ1n) is 7.96. The van der Waals surface area contributed by atoms with Crippen molar-refractivity contribution in [1.82, 2.24) is 0 Å². The Hall–Kier alpha value is -3.22. The summed E-state index contributed by atoms with van der Waals surface area (Å²) in [4.78, 5) is 26.6. The number of benzene rings is 2. The van der Waals surface area contributed by atoms with Crippen LogP contribution in [0.1, 0.15) is 10.4 Å². The Balaban J connectivity index is 1.98. The molecule has 2 aromatic carbocycles. The molecule has 0 saturated carbocycles. The second-order valence-corrected chi connectivity index (χ2v) is 5.58. The lowest BCUT2D eigenvalue weighted by Crippen LogP contribution is -2.47. The van der Waals surface area contributed by atoms with Crippen LogP contribution in [-0.2, 0) is 9.53 Å². The summed E-state index contributed by atoms with van der Waals surface area (Å²) >= 11 is 0.